The molecule has 202 valence electrons. The van der Waals surface area contributed by atoms with Crippen LogP contribution in [-0.2, 0) is 6.54 Å². The van der Waals surface area contributed by atoms with Crippen molar-refractivity contribution in [2.24, 2.45) is 0 Å². The smallest absolute Gasteiger partial charge is 0.322 e. The van der Waals surface area contributed by atoms with Crippen molar-refractivity contribution in [3.8, 4) is 17.3 Å². The van der Waals surface area contributed by atoms with Crippen LogP contribution in [0.25, 0.3) is 11.5 Å². The molecule has 40 heavy (non-hydrogen) atoms. The summed E-state index contributed by atoms with van der Waals surface area (Å²) in [5, 5.41) is 8.13. The highest BCUT2D eigenvalue weighted by atomic mass is 16.5. The number of carbonyl (C=O) groups is 1. The molecule has 3 aromatic carbocycles. The number of carbonyl (C=O) groups excluding carboxylic acids is 1. The maximum absolute atomic E-state index is 14.2. The van der Waals surface area contributed by atoms with E-state index in [1.165, 1.54) is 0 Å². The normalized spacial score (nSPS) is 14.3. The Labute approximate surface area is 234 Å². The maximum Gasteiger partial charge on any atom is 0.322 e. The van der Waals surface area contributed by atoms with Crippen LogP contribution >= 0.6 is 0 Å². The summed E-state index contributed by atoms with van der Waals surface area (Å²) in [5.74, 6) is 1.72. The van der Waals surface area contributed by atoms with Gasteiger partial charge in [-0.05, 0) is 92.9 Å². The summed E-state index contributed by atoms with van der Waals surface area (Å²) in [5.41, 5.74) is 7.78. The van der Waals surface area contributed by atoms with E-state index >= 15 is 0 Å². The molecule has 2 aromatic heterocycles. The molecule has 5 aromatic rings. The van der Waals surface area contributed by atoms with Gasteiger partial charge in [-0.3, -0.25) is 0 Å². The van der Waals surface area contributed by atoms with E-state index in [1.807, 2.05) is 104 Å². The van der Waals surface area contributed by atoms with Gasteiger partial charge in [-0.15, -0.1) is 0 Å². The van der Waals surface area contributed by atoms with Crippen molar-refractivity contribution in [3.05, 3.63) is 125 Å². The molecule has 0 radical (unpaired) electrons. The fourth-order valence-electron chi connectivity index (χ4n) is 5.68. The fourth-order valence-corrected chi connectivity index (χ4v) is 5.68. The molecule has 0 bridgehead atoms. The zero-order valence-electron chi connectivity index (χ0n) is 23.3. The molecule has 1 atom stereocenters. The third kappa shape index (κ3) is 4.64. The molecular formula is C33H33N5O2. The summed E-state index contributed by atoms with van der Waals surface area (Å²) >= 11 is 0. The van der Waals surface area contributed by atoms with Crippen LogP contribution in [-0.4, -0.2) is 31.9 Å². The molecule has 0 aliphatic carbocycles. The minimum Gasteiger partial charge on any atom is -0.494 e. The van der Waals surface area contributed by atoms with Gasteiger partial charge in [-0.1, -0.05) is 36.4 Å². The van der Waals surface area contributed by atoms with Crippen molar-refractivity contribution in [1.29, 1.82) is 0 Å². The molecule has 3 heterocycles. The molecule has 0 spiro atoms. The predicted molar refractivity (Wildman–Crippen MR) is 158 cm³/mol. The lowest BCUT2D eigenvalue weighted by atomic mass is 10.0. The van der Waals surface area contributed by atoms with Crippen LogP contribution in [0.5, 0.6) is 5.75 Å². The molecule has 7 heteroatoms. The lowest BCUT2D eigenvalue weighted by molar-refractivity contribution is 0.194. The first-order chi connectivity index (χ1) is 19.4. The molecule has 1 aliphatic rings. The average Bonchev–Trinajstić information content (AvgIpc) is 3.49. The van der Waals surface area contributed by atoms with Gasteiger partial charge in [0.15, 0.2) is 0 Å². The largest absolute Gasteiger partial charge is 0.494 e. The van der Waals surface area contributed by atoms with Gasteiger partial charge < -0.3 is 19.5 Å². The van der Waals surface area contributed by atoms with E-state index in [-0.39, 0.29) is 12.1 Å². The number of aryl methyl sites for hydroxylation is 3. The average molecular weight is 532 g/mol. The highest BCUT2D eigenvalue weighted by Gasteiger charge is 2.36. The number of nitrogens with zero attached hydrogens (tertiary/aromatic N) is 4. The van der Waals surface area contributed by atoms with E-state index < -0.39 is 0 Å². The molecule has 6 rings (SSSR count). The maximum atomic E-state index is 14.2. The fraction of sp³-hybridized carbons (Fsp3) is 0.212. The third-order valence-electron chi connectivity index (χ3n) is 7.31. The molecule has 1 aliphatic heterocycles. The SMILES string of the molecule is CCOc1cccc(C2c3cccn3-c3c(c(C)nn3-c3ccccc3)CN2C(=O)Nc2cc(C)cc(C)c2)c1. The molecule has 1 N–H and O–H groups in total. The summed E-state index contributed by atoms with van der Waals surface area (Å²) in [6.07, 6.45) is 2.06. The number of hydrogen-bond acceptors (Lipinski definition) is 3. The second-order valence-corrected chi connectivity index (χ2v) is 10.3. The summed E-state index contributed by atoms with van der Waals surface area (Å²) in [4.78, 5) is 16.1. The topological polar surface area (TPSA) is 64.3 Å². The Morgan fingerprint density at radius 1 is 0.950 bits per heavy atom. The van der Waals surface area contributed by atoms with Crippen LogP contribution in [0.1, 0.15) is 46.6 Å². The first-order valence-electron chi connectivity index (χ1n) is 13.6. The van der Waals surface area contributed by atoms with Crippen molar-refractivity contribution in [2.75, 3.05) is 11.9 Å². The Bertz CT molecular complexity index is 1660. The highest BCUT2D eigenvalue weighted by molar-refractivity contribution is 5.90. The van der Waals surface area contributed by atoms with Gasteiger partial charge in [-0.25, -0.2) is 9.48 Å². The van der Waals surface area contributed by atoms with Crippen LogP contribution in [0.15, 0.2) is 91.1 Å². The Morgan fingerprint density at radius 3 is 2.48 bits per heavy atom. The Balaban J connectivity index is 1.53. The molecule has 7 nitrogen and oxygen atoms in total. The first-order valence-corrected chi connectivity index (χ1v) is 13.6. The van der Waals surface area contributed by atoms with Crippen molar-refractivity contribution in [2.45, 2.75) is 40.3 Å². The lowest BCUT2D eigenvalue weighted by Crippen LogP contribution is -2.38. The second kappa shape index (κ2) is 10.4. The van der Waals surface area contributed by atoms with Crippen LogP contribution in [0, 0.1) is 20.8 Å². The highest BCUT2D eigenvalue weighted by Crippen LogP contribution is 2.39. The molecule has 0 saturated carbocycles. The minimum absolute atomic E-state index is 0.177. The molecular weight excluding hydrogens is 498 g/mol. The zero-order valence-corrected chi connectivity index (χ0v) is 23.3. The van der Waals surface area contributed by atoms with Crippen molar-refractivity contribution >= 4 is 11.7 Å². The molecule has 2 amide bonds. The number of ether oxygens (including phenoxy) is 1. The Hall–Kier alpha value is -4.78. The number of rotatable bonds is 5. The zero-order chi connectivity index (χ0) is 27.8. The van der Waals surface area contributed by atoms with Crippen LogP contribution in [0.4, 0.5) is 10.5 Å². The van der Waals surface area contributed by atoms with Crippen molar-refractivity contribution < 1.29 is 9.53 Å². The van der Waals surface area contributed by atoms with E-state index in [4.69, 9.17) is 9.84 Å². The Kier molecular flexibility index (Phi) is 6.64. The number of aromatic nitrogens is 3. The summed E-state index contributed by atoms with van der Waals surface area (Å²) in [6, 6.07) is 27.8. The quantitative estimate of drug-likeness (QED) is 0.263. The van der Waals surface area contributed by atoms with E-state index in [9.17, 15) is 4.79 Å². The molecule has 0 fully saturated rings. The summed E-state index contributed by atoms with van der Waals surface area (Å²) < 4.78 is 10.0. The van der Waals surface area contributed by atoms with Gasteiger partial charge >= 0.3 is 6.03 Å². The number of benzene rings is 3. The van der Waals surface area contributed by atoms with Crippen molar-refractivity contribution in [1.82, 2.24) is 19.2 Å². The number of fused-ring (bicyclic) bond motifs is 3. The van der Waals surface area contributed by atoms with Gasteiger partial charge in [0.05, 0.1) is 36.3 Å². The number of para-hydroxylation sites is 1. The van der Waals surface area contributed by atoms with Crippen LogP contribution in [0.3, 0.4) is 0 Å². The number of urea groups is 1. The van der Waals surface area contributed by atoms with Gasteiger partial charge in [0.25, 0.3) is 0 Å². The van der Waals surface area contributed by atoms with Crippen molar-refractivity contribution in [3.63, 3.8) is 0 Å². The Morgan fingerprint density at radius 2 is 1.73 bits per heavy atom. The molecule has 1 unspecified atom stereocenters. The summed E-state index contributed by atoms with van der Waals surface area (Å²) in [6.45, 7) is 9.02. The van der Waals surface area contributed by atoms with Crippen LogP contribution < -0.4 is 10.1 Å². The molecule has 0 saturated heterocycles. The van der Waals surface area contributed by atoms with E-state index in [0.29, 0.717) is 13.2 Å². The van der Waals surface area contributed by atoms with E-state index in [2.05, 4.69) is 34.3 Å². The number of hydrogen-bond donors (Lipinski definition) is 1. The van der Waals surface area contributed by atoms with Gasteiger partial charge in [0.2, 0.25) is 0 Å². The van der Waals surface area contributed by atoms with E-state index in [0.717, 1.165) is 56.6 Å². The van der Waals surface area contributed by atoms with Gasteiger partial charge in [-0.2, -0.15) is 5.10 Å². The lowest BCUT2D eigenvalue weighted by Gasteiger charge is -2.31. The third-order valence-corrected chi connectivity index (χ3v) is 7.31. The van der Waals surface area contributed by atoms with Crippen LogP contribution in [0.2, 0.25) is 0 Å². The van der Waals surface area contributed by atoms with Gasteiger partial charge in [0.1, 0.15) is 11.6 Å². The second-order valence-electron chi connectivity index (χ2n) is 10.3. The first kappa shape index (κ1) is 25.5. The van der Waals surface area contributed by atoms with Gasteiger partial charge in [0, 0.05) is 17.4 Å². The standard InChI is InChI=1S/C33H33N5O2/c1-5-40-28-14-9-11-25(20-28)31-30-15-10-16-36(30)32-29(24(4)35-38(32)27-12-7-6-8-13-27)21-37(31)33(39)34-26-18-22(2)17-23(3)19-26/h6-20,31H,5,21H2,1-4H3,(H,34,39). The number of amides is 2. The number of anilines is 1. The van der Waals surface area contributed by atoms with E-state index in [1.54, 1.807) is 0 Å². The number of nitrogens with one attached hydrogen (secondary N) is 1. The summed E-state index contributed by atoms with van der Waals surface area (Å²) in [7, 11) is 0. The minimum atomic E-state index is -0.364. The predicted octanol–water partition coefficient (Wildman–Crippen LogP) is 7.12. The monoisotopic (exact) mass is 531 g/mol.